The maximum absolute atomic E-state index is 14.1. The molecule has 8 heteroatoms. The molecule has 0 radical (unpaired) electrons. The van der Waals surface area contributed by atoms with Crippen LogP contribution in [0.1, 0.15) is 6.42 Å². The van der Waals surface area contributed by atoms with E-state index in [2.05, 4.69) is 4.90 Å². The lowest BCUT2D eigenvalue weighted by molar-refractivity contribution is -0.0720. The van der Waals surface area contributed by atoms with Crippen LogP contribution in [0.2, 0.25) is 5.02 Å². The standard InChI is InChI=1S/C14H18ClFN2O3S/c1-17-6-5-13-12(9-17)18(7-8-21-13)22(19,20)14-10(15)3-2-4-11(14)16/h2-4,12-13H,5-9H2,1H3. The summed E-state index contributed by atoms with van der Waals surface area (Å²) in [5.74, 6) is -0.820. The number of nitrogens with zero attached hydrogens (tertiary/aromatic N) is 2. The molecule has 2 aliphatic rings. The quantitative estimate of drug-likeness (QED) is 0.814. The molecule has 2 saturated heterocycles. The Morgan fingerprint density at radius 1 is 1.36 bits per heavy atom. The zero-order valence-electron chi connectivity index (χ0n) is 12.2. The first-order valence-corrected chi connectivity index (χ1v) is 8.99. The molecule has 0 N–H and O–H groups in total. The van der Waals surface area contributed by atoms with Crippen LogP contribution in [0, 0.1) is 5.82 Å². The second kappa shape index (κ2) is 6.05. The van der Waals surface area contributed by atoms with Crippen molar-refractivity contribution in [2.24, 2.45) is 0 Å². The summed E-state index contributed by atoms with van der Waals surface area (Å²) in [6, 6.07) is 3.59. The molecule has 1 aromatic rings. The van der Waals surface area contributed by atoms with Crippen LogP contribution >= 0.6 is 11.6 Å². The van der Waals surface area contributed by atoms with Gasteiger partial charge in [-0.3, -0.25) is 0 Å². The maximum atomic E-state index is 14.1. The Labute approximate surface area is 134 Å². The molecule has 0 spiro atoms. The fourth-order valence-corrected chi connectivity index (χ4v) is 5.34. The molecule has 2 unspecified atom stereocenters. The first kappa shape index (κ1) is 16.1. The van der Waals surface area contributed by atoms with Crippen LogP contribution in [0.5, 0.6) is 0 Å². The Bertz CT molecular complexity index is 650. The Balaban J connectivity index is 2.00. The van der Waals surface area contributed by atoms with Gasteiger partial charge in [0, 0.05) is 19.6 Å². The van der Waals surface area contributed by atoms with Gasteiger partial charge in [-0.15, -0.1) is 0 Å². The van der Waals surface area contributed by atoms with E-state index in [1.165, 1.54) is 16.4 Å². The lowest BCUT2D eigenvalue weighted by atomic mass is 10.0. The minimum Gasteiger partial charge on any atom is -0.375 e. The van der Waals surface area contributed by atoms with Crippen LogP contribution in [0.3, 0.4) is 0 Å². The van der Waals surface area contributed by atoms with Gasteiger partial charge in [0.1, 0.15) is 10.7 Å². The highest BCUT2D eigenvalue weighted by molar-refractivity contribution is 7.89. The Morgan fingerprint density at radius 2 is 2.14 bits per heavy atom. The van der Waals surface area contributed by atoms with E-state index in [9.17, 15) is 12.8 Å². The molecule has 2 aliphatic heterocycles. The molecule has 2 heterocycles. The van der Waals surface area contributed by atoms with E-state index in [1.807, 2.05) is 7.05 Å². The van der Waals surface area contributed by atoms with E-state index in [0.29, 0.717) is 13.2 Å². The minimum absolute atomic E-state index is 0.0906. The lowest BCUT2D eigenvalue weighted by Gasteiger charge is -2.45. The van der Waals surface area contributed by atoms with E-state index in [0.717, 1.165) is 19.0 Å². The second-order valence-corrected chi connectivity index (χ2v) is 7.93. The Kier molecular flexibility index (Phi) is 4.44. The third kappa shape index (κ3) is 2.76. The van der Waals surface area contributed by atoms with Crippen LogP contribution in [-0.2, 0) is 14.8 Å². The molecule has 5 nitrogen and oxygen atoms in total. The largest absolute Gasteiger partial charge is 0.375 e. The summed E-state index contributed by atoms with van der Waals surface area (Å²) < 4.78 is 46.9. The molecule has 2 fully saturated rings. The lowest BCUT2D eigenvalue weighted by Crippen LogP contribution is -2.60. The van der Waals surface area contributed by atoms with Crippen molar-refractivity contribution in [2.75, 3.05) is 33.3 Å². The number of rotatable bonds is 2. The Morgan fingerprint density at radius 3 is 2.86 bits per heavy atom. The zero-order chi connectivity index (χ0) is 15.9. The molecule has 0 amide bonds. The number of likely N-dealkylation sites (tertiary alicyclic amines) is 1. The smallest absolute Gasteiger partial charge is 0.247 e. The summed E-state index contributed by atoms with van der Waals surface area (Å²) in [5.41, 5.74) is 0. The van der Waals surface area contributed by atoms with Gasteiger partial charge in [0.2, 0.25) is 10.0 Å². The molecule has 122 valence electrons. The van der Waals surface area contributed by atoms with E-state index < -0.39 is 20.7 Å². The number of sulfonamides is 1. The number of fused-ring (bicyclic) bond motifs is 1. The summed E-state index contributed by atoms with van der Waals surface area (Å²) in [6.45, 7) is 1.95. The number of ether oxygens (including phenoxy) is 1. The van der Waals surface area contributed by atoms with Crippen LogP contribution in [0.4, 0.5) is 4.39 Å². The summed E-state index contributed by atoms with van der Waals surface area (Å²) in [7, 11) is -2.06. The van der Waals surface area contributed by atoms with Gasteiger partial charge in [0.25, 0.3) is 0 Å². The molecule has 3 rings (SSSR count). The fraction of sp³-hybridized carbons (Fsp3) is 0.571. The minimum atomic E-state index is -4.00. The predicted molar refractivity (Wildman–Crippen MR) is 80.9 cm³/mol. The van der Waals surface area contributed by atoms with Gasteiger partial charge in [0.05, 0.1) is 23.8 Å². The van der Waals surface area contributed by atoms with Crippen molar-refractivity contribution in [1.29, 1.82) is 0 Å². The van der Waals surface area contributed by atoms with Crippen molar-refractivity contribution < 1.29 is 17.5 Å². The number of piperidine rings is 1. The molecular weight excluding hydrogens is 331 g/mol. The van der Waals surface area contributed by atoms with Crippen molar-refractivity contribution in [2.45, 2.75) is 23.5 Å². The third-order valence-corrected chi connectivity index (χ3v) is 6.65. The molecule has 1 aromatic carbocycles. The third-order valence-electron chi connectivity index (χ3n) is 4.22. The molecule has 0 aromatic heterocycles. The van der Waals surface area contributed by atoms with E-state index in [-0.39, 0.29) is 23.7 Å². The highest BCUT2D eigenvalue weighted by atomic mass is 35.5. The van der Waals surface area contributed by atoms with Gasteiger partial charge in [0.15, 0.2) is 0 Å². The van der Waals surface area contributed by atoms with Gasteiger partial charge in [-0.1, -0.05) is 17.7 Å². The van der Waals surface area contributed by atoms with Crippen molar-refractivity contribution in [3.8, 4) is 0 Å². The average Bonchev–Trinajstić information content (AvgIpc) is 2.46. The topological polar surface area (TPSA) is 49.9 Å². The number of benzene rings is 1. The first-order chi connectivity index (χ1) is 10.4. The summed E-state index contributed by atoms with van der Waals surface area (Å²) in [6.07, 6.45) is 0.614. The van der Waals surface area contributed by atoms with Gasteiger partial charge < -0.3 is 9.64 Å². The molecular formula is C14H18ClFN2O3S. The number of morpholine rings is 1. The number of halogens is 2. The zero-order valence-corrected chi connectivity index (χ0v) is 13.8. The van der Waals surface area contributed by atoms with Gasteiger partial charge in [-0.05, 0) is 25.6 Å². The predicted octanol–water partition coefficient (Wildman–Crippen LogP) is 1.57. The normalized spacial score (nSPS) is 27.6. The van der Waals surface area contributed by atoms with E-state index >= 15 is 0 Å². The molecule has 0 aliphatic carbocycles. The van der Waals surface area contributed by atoms with Crippen molar-refractivity contribution in [1.82, 2.24) is 9.21 Å². The number of hydrogen-bond donors (Lipinski definition) is 0. The van der Waals surface area contributed by atoms with E-state index in [1.54, 1.807) is 0 Å². The molecule has 22 heavy (non-hydrogen) atoms. The van der Waals surface area contributed by atoms with Crippen molar-refractivity contribution in [3.63, 3.8) is 0 Å². The van der Waals surface area contributed by atoms with Crippen LogP contribution < -0.4 is 0 Å². The van der Waals surface area contributed by atoms with Crippen LogP contribution in [0.25, 0.3) is 0 Å². The summed E-state index contributed by atoms with van der Waals surface area (Å²) in [4.78, 5) is 1.62. The fourth-order valence-electron chi connectivity index (χ4n) is 3.14. The summed E-state index contributed by atoms with van der Waals surface area (Å²) >= 11 is 5.95. The average molecular weight is 349 g/mol. The highest BCUT2D eigenvalue weighted by Gasteiger charge is 2.43. The Hall–Kier alpha value is -0.730. The van der Waals surface area contributed by atoms with E-state index in [4.69, 9.17) is 16.3 Å². The molecule has 2 atom stereocenters. The first-order valence-electron chi connectivity index (χ1n) is 7.17. The molecule has 0 bridgehead atoms. The highest BCUT2D eigenvalue weighted by Crippen LogP contribution is 2.32. The van der Waals surface area contributed by atoms with Gasteiger partial charge in [-0.2, -0.15) is 4.31 Å². The number of likely N-dealkylation sites (N-methyl/N-ethyl adjacent to an activating group) is 1. The maximum Gasteiger partial charge on any atom is 0.247 e. The SMILES string of the molecule is CN1CCC2OCCN(S(=O)(=O)c3c(F)cccc3Cl)C2C1. The number of hydrogen-bond acceptors (Lipinski definition) is 4. The van der Waals surface area contributed by atoms with Crippen molar-refractivity contribution in [3.05, 3.63) is 29.0 Å². The monoisotopic (exact) mass is 348 g/mol. The van der Waals surface area contributed by atoms with Crippen LogP contribution in [-0.4, -0.2) is 63.1 Å². The van der Waals surface area contributed by atoms with Gasteiger partial charge >= 0.3 is 0 Å². The van der Waals surface area contributed by atoms with Crippen LogP contribution in [0.15, 0.2) is 23.1 Å². The van der Waals surface area contributed by atoms with Gasteiger partial charge in [-0.25, -0.2) is 12.8 Å². The second-order valence-electron chi connectivity index (χ2n) is 5.69. The molecule has 0 saturated carbocycles. The summed E-state index contributed by atoms with van der Waals surface area (Å²) in [5, 5.41) is -0.0906. The van der Waals surface area contributed by atoms with Crippen molar-refractivity contribution >= 4 is 21.6 Å².